The molecule has 0 saturated carbocycles. The lowest BCUT2D eigenvalue weighted by molar-refractivity contribution is 0.479. The maximum absolute atomic E-state index is 7.03. The van der Waals surface area contributed by atoms with E-state index in [9.17, 15) is 0 Å². The van der Waals surface area contributed by atoms with Gasteiger partial charge in [0.1, 0.15) is 17.2 Å². The number of aromatic nitrogens is 1. The highest BCUT2D eigenvalue weighted by Gasteiger charge is 2.40. The van der Waals surface area contributed by atoms with E-state index in [0.29, 0.717) is 0 Å². The van der Waals surface area contributed by atoms with Crippen LogP contribution in [0.3, 0.4) is 0 Å². The fraction of sp³-hybridized carbons (Fsp3) is 0. The molecule has 0 aliphatic carbocycles. The van der Waals surface area contributed by atoms with Crippen LogP contribution in [0, 0.1) is 0 Å². The van der Waals surface area contributed by atoms with Gasteiger partial charge in [0.15, 0.2) is 0 Å². The van der Waals surface area contributed by atoms with Crippen molar-refractivity contribution in [3.63, 3.8) is 0 Å². The lowest BCUT2D eigenvalue weighted by Gasteiger charge is -2.33. The summed E-state index contributed by atoms with van der Waals surface area (Å²) < 4.78 is 16.0. The van der Waals surface area contributed by atoms with Gasteiger partial charge < -0.3 is 14.0 Å². The molecule has 0 radical (unpaired) electrons. The van der Waals surface area contributed by atoms with E-state index in [-0.39, 0.29) is 6.92 Å². The second-order valence-corrected chi connectivity index (χ2v) is 13.6. The first-order chi connectivity index (χ1) is 25.8. The van der Waals surface area contributed by atoms with Crippen LogP contribution in [0.25, 0.3) is 72.0 Å². The van der Waals surface area contributed by atoms with Crippen LogP contribution in [0.1, 0.15) is 0 Å². The lowest BCUT2D eigenvalue weighted by atomic mass is 9.50. The van der Waals surface area contributed by atoms with Gasteiger partial charge in [-0.05, 0) is 87.5 Å². The van der Waals surface area contributed by atoms with Crippen LogP contribution in [0.2, 0.25) is 0 Å². The van der Waals surface area contributed by atoms with E-state index in [1.807, 2.05) is 0 Å². The average Bonchev–Trinajstić information content (AvgIpc) is 3.55. The second-order valence-electron chi connectivity index (χ2n) is 13.6. The summed E-state index contributed by atoms with van der Waals surface area (Å²) in [6, 6.07) is 64.8. The molecule has 0 unspecified atom stereocenters. The highest BCUT2D eigenvalue weighted by atomic mass is 16.5. The summed E-state index contributed by atoms with van der Waals surface area (Å²) in [6.45, 7) is -0.297. The largest absolute Gasteiger partial charge is 0.551 e. The minimum absolute atomic E-state index is 0.297. The van der Waals surface area contributed by atoms with Crippen molar-refractivity contribution in [2.75, 3.05) is 0 Å². The Bertz CT molecular complexity index is 2820. The zero-order valence-electron chi connectivity index (χ0n) is 28.2. The molecule has 242 valence electrons. The molecule has 0 fully saturated rings. The van der Waals surface area contributed by atoms with Gasteiger partial charge in [0.2, 0.25) is 0 Å². The van der Waals surface area contributed by atoms with Crippen molar-refractivity contribution >= 4 is 39.6 Å². The number of hydrogen-bond acceptors (Lipinski definition) is 2. The Balaban J connectivity index is 1.00. The number of benzene rings is 8. The number of para-hydroxylation sites is 2. The highest BCUT2D eigenvalue weighted by molar-refractivity contribution is 6.84. The van der Waals surface area contributed by atoms with Gasteiger partial charge in [-0.3, -0.25) is 0 Å². The number of hydrogen-bond donors (Lipinski definition) is 0. The SMILES string of the molecule is c1ccc(-c2cccc(-c3ccc4c(c3)OB3c5cc(-c6cccc(-n7c8ccccc8c8ccccc87)c6)ccc5Oc5cccc-4c53)c2)cc1. The van der Waals surface area contributed by atoms with Crippen LogP contribution in [0.4, 0.5) is 0 Å². The van der Waals surface area contributed by atoms with Crippen molar-refractivity contribution in [2.24, 2.45) is 0 Å². The topological polar surface area (TPSA) is 23.4 Å². The van der Waals surface area contributed by atoms with Crippen molar-refractivity contribution in [3.05, 3.63) is 182 Å². The Hall–Kier alpha value is -6.78. The van der Waals surface area contributed by atoms with Gasteiger partial charge in [0.05, 0.1) is 11.0 Å². The number of nitrogens with zero attached hydrogens (tertiary/aromatic N) is 1. The Kier molecular flexibility index (Phi) is 6.35. The van der Waals surface area contributed by atoms with Crippen LogP contribution < -0.4 is 20.3 Å². The lowest BCUT2D eigenvalue weighted by Crippen LogP contribution is -2.53. The molecule has 0 saturated heterocycles. The molecule has 0 bridgehead atoms. The summed E-state index contributed by atoms with van der Waals surface area (Å²) in [5.41, 5.74) is 14.8. The molecule has 0 atom stereocenters. The van der Waals surface area contributed by atoms with Crippen LogP contribution in [0.5, 0.6) is 17.2 Å². The standard InChI is InChI=1S/C48H30BNO2/c1-2-11-31(12-3-1)32-13-8-14-33(27-32)36-23-25-40-41-19-10-22-46-48(41)49(52-47(40)30-36)42-29-35(24-26-45(42)51-46)34-15-9-16-37(28-34)50-43-20-6-4-17-38(43)39-18-5-7-21-44(39)50/h1-30H. The highest BCUT2D eigenvalue weighted by Crippen LogP contribution is 2.42. The van der Waals surface area contributed by atoms with E-state index < -0.39 is 0 Å². The molecule has 0 amide bonds. The smallest absolute Gasteiger partial charge is 0.434 e. The summed E-state index contributed by atoms with van der Waals surface area (Å²) in [5.74, 6) is 2.55. The third-order valence-electron chi connectivity index (χ3n) is 10.7. The first-order valence-corrected chi connectivity index (χ1v) is 17.8. The van der Waals surface area contributed by atoms with Gasteiger partial charge in [0, 0.05) is 32.9 Å². The van der Waals surface area contributed by atoms with Crippen molar-refractivity contribution in [1.29, 1.82) is 0 Å². The van der Waals surface area contributed by atoms with Gasteiger partial charge in [0.25, 0.3) is 0 Å². The summed E-state index contributed by atoms with van der Waals surface area (Å²) in [5, 5.41) is 2.51. The fourth-order valence-electron chi connectivity index (χ4n) is 8.24. The zero-order valence-corrected chi connectivity index (χ0v) is 28.2. The minimum Gasteiger partial charge on any atom is -0.551 e. The van der Waals surface area contributed by atoms with E-state index in [2.05, 4.69) is 187 Å². The molecule has 4 heteroatoms. The third kappa shape index (κ3) is 4.48. The van der Waals surface area contributed by atoms with Crippen molar-refractivity contribution in [2.45, 2.75) is 0 Å². The van der Waals surface area contributed by atoms with E-state index in [0.717, 1.165) is 67.2 Å². The Morgan fingerprint density at radius 3 is 1.81 bits per heavy atom. The second kappa shape index (κ2) is 11.4. The maximum Gasteiger partial charge on any atom is 0.434 e. The molecule has 1 aromatic heterocycles. The van der Waals surface area contributed by atoms with Crippen molar-refractivity contribution in [3.8, 4) is 67.4 Å². The van der Waals surface area contributed by atoms with Crippen LogP contribution in [-0.4, -0.2) is 11.5 Å². The van der Waals surface area contributed by atoms with E-state index in [4.69, 9.17) is 9.39 Å². The number of ether oxygens (including phenoxy) is 1. The normalized spacial score (nSPS) is 12.5. The van der Waals surface area contributed by atoms with Gasteiger partial charge in [-0.1, -0.05) is 133 Å². The number of fused-ring (bicyclic) bond motifs is 7. The molecule has 0 N–H and O–H groups in total. The molecule has 3 nitrogen and oxygen atoms in total. The zero-order chi connectivity index (χ0) is 34.2. The van der Waals surface area contributed by atoms with E-state index >= 15 is 0 Å². The first-order valence-electron chi connectivity index (χ1n) is 17.8. The Morgan fingerprint density at radius 1 is 0.385 bits per heavy atom. The summed E-state index contributed by atoms with van der Waals surface area (Å²) in [4.78, 5) is 0. The van der Waals surface area contributed by atoms with E-state index in [1.54, 1.807) is 0 Å². The number of rotatable bonds is 4. The minimum atomic E-state index is -0.297. The molecule has 0 spiro atoms. The van der Waals surface area contributed by atoms with Gasteiger partial charge in [-0.25, -0.2) is 0 Å². The predicted molar refractivity (Wildman–Crippen MR) is 215 cm³/mol. The van der Waals surface area contributed by atoms with Crippen LogP contribution >= 0.6 is 0 Å². The molecular formula is C48H30BNO2. The van der Waals surface area contributed by atoms with Gasteiger partial charge >= 0.3 is 6.92 Å². The van der Waals surface area contributed by atoms with Crippen molar-refractivity contribution in [1.82, 2.24) is 4.57 Å². The quantitative estimate of drug-likeness (QED) is 0.175. The average molecular weight is 664 g/mol. The monoisotopic (exact) mass is 663 g/mol. The summed E-state index contributed by atoms with van der Waals surface area (Å²) in [7, 11) is 0. The van der Waals surface area contributed by atoms with Crippen LogP contribution in [-0.2, 0) is 0 Å². The first kappa shape index (κ1) is 29.0. The molecule has 8 aromatic carbocycles. The van der Waals surface area contributed by atoms with E-state index in [1.165, 1.54) is 32.9 Å². The Labute approximate surface area is 302 Å². The molecule has 11 rings (SSSR count). The maximum atomic E-state index is 7.03. The molecular weight excluding hydrogens is 633 g/mol. The summed E-state index contributed by atoms with van der Waals surface area (Å²) >= 11 is 0. The van der Waals surface area contributed by atoms with Crippen LogP contribution in [0.15, 0.2) is 182 Å². The fourth-order valence-corrected chi connectivity index (χ4v) is 8.24. The molecule has 2 aliphatic rings. The molecule has 52 heavy (non-hydrogen) atoms. The van der Waals surface area contributed by atoms with Gasteiger partial charge in [-0.15, -0.1) is 0 Å². The third-order valence-corrected chi connectivity index (χ3v) is 10.7. The molecule has 9 aromatic rings. The summed E-state index contributed by atoms with van der Waals surface area (Å²) in [6.07, 6.45) is 0. The molecule has 2 aliphatic heterocycles. The Morgan fingerprint density at radius 2 is 1.00 bits per heavy atom. The van der Waals surface area contributed by atoms with Gasteiger partial charge in [-0.2, -0.15) is 0 Å². The molecule has 3 heterocycles. The predicted octanol–water partition coefficient (Wildman–Crippen LogP) is 11.1. The van der Waals surface area contributed by atoms with Crippen molar-refractivity contribution < 1.29 is 9.39 Å².